The summed E-state index contributed by atoms with van der Waals surface area (Å²) in [6, 6.07) is 5.38. The Hall–Kier alpha value is -2.37. The smallest absolute Gasteiger partial charge is 0.307 e. The van der Waals surface area contributed by atoms with E-state index in [9.17, 15) is 9.59 Å². The monoisotopic (exact) mass is 245 g/mol. The number of aromatic nitrogens is 2. The first kappa shape index (κ1) is 10.8. The van der Waals surface area contributed by atoms with Gasteiger partial charge in [-0.3, -0.25) is 14.7 Å². The van der Waals surface area contributed by atoms with Crippen LogP contribution in [-0.4, -0.2) is 27.2 Å². The summed E-state index contributed by atoms with van der Waals surface area (Å²) in [6.45, 7) is 0. The molecule has 92 valence electrons. The fourth-order valence-electron chi connectivity index (χ4n) is 2.01. The van der Waals surface area contributed by atoms with Crippen LogP contribution in [0.15, 0.2) is 24.4 Å². The number of carbonyl (C=O) groups excluding carboxylic acids is 1. The molecular formula is C12H11N3O3. The van der Waals surface area contributed by atoms with Gasteiger partial charge in [0.05, 0.1) is 23.5 Å². The molecule has 1 fully saturated rings. The van der Waals surface area contributed by atoms with Gasteiger partial charge in [0.2, 0.25) is 5.91 Å². The van der Waals surface area contributed by atoms with E-state index in [1.54, 1.807) is 18.3 Å². The number of H-pyrrole nitrogens is 1. The summed E-state index contributed by atoms with van der Waals surface area (Å²) in [5.74, 6) is -2.06. The number of rotatable bonds is 3. The molecule has 6 nitrogen and oxygen atoms in total. The van der Waals surface area contributed by atoms with Crippen molar-refractivity contribution < 1.29 is 14.7 Å². The standard InChI is InChI=1S/C12H11N3O3/c16-11(8-4-9(8)12(17)18)14-7-1-2-10-6(3-7)5-13-15-10/h1-3,5,8-9H,4H2,(H,13,15)(H,14,16)(H,17,18). The number of amides is 1. The number of nitrogens with one attached hydrogen (secondary N) is 2. The predicted octanol–water partition coefficient (Wildman–Crippen LogP) is 1.22. The number of hydrogen-bond donors (Lipinski definition) is 3. The average Bonchev–Trinajstić information content (AvgIpc) is 3.02. The Morgan fingerprint density at radius 3 is 2.94 bits per heavy atom. The van der Waals surface area contributed by atoms with Gasteiger partial charge >= 0.3 is 5.97 Å². The van der Waals surface area contributed by atoms with Crippen LogP contribution in [0.1, 0.15) is 6.42 Å². The molecule has 0 bridgehead atoms. The zero-order chi connectivity index (χ0) is 12.7. The molecule has 1 aromatic heterocycles. The zero-order valence-electron chi connectivity index (χ0n) is 9.38. The number of benzene rings is 1. The van der Waals surface area contributed by atoms with E-state index in [0.29, 0.717) is 12.1 Å². The minimum absolute atomic E-state index is 0.231. The quantitative estimate of drug-likeness (QED) is 0.757. The van der Waals surface area contributed by atoms with Crippen molar-refractivity contribution in [2.24, 2.45) is 11.8 Å². The maximum Gasteiger partial charge on any atom is 0.307 e. The SMILES string of the molecule is O=C(O)C1CC1C(=O)Nc1ccc2[nH]ncc2c1. The zero-order valence-corrected chi connectivity index (χ0v) is 9.38. The van der Waals surface area contributed by atoms with E-state index in [4.69, 9.17) is 5.11 Å². The van der Waals surface area contributed by atoms with Gasteiger partial charge in [-0.15, -0.1) is 0 Å². The second kappa shape index (κ2) is 3.83. The van der Waals surface area contributed by atoms with Crippen molar-refractivity contribution in [2.45, 2.75) is 6.42 Å². The van der Waals surface area contributed by atoms with Gasteiger partial charge in [0.25, 0.3) is 0 Å². The summed E-state index contributed by atoms with van der Waals surface area (Å²) in [4.78, 5) is 22.4. The molecule has 0 radical (unpaired) electrons. The second-order valence-electron chi connectivity index (χ2n) is 4.45. The molecule has 3 N–H and O–H groups in total. The number of aromatic amines is 1. The van der Waals surface area contributed by atoms with Crippen LogP contribution >= 0.6 is 0 Å². The van der Waals surface area contributed by atoms with Crippen LogP contribution in [0.5, 0.6) is 0 Å². The summed E-state index contributed by atoms with van der Waals surface area (Å²) in [5, 5.41) is 19.1. The molecule has 1 saturated carbocycles. The van der Waals surface area contributed by atoms with E-state index < -0.39 is 17.8 Å². The largest absolute Gasteiger partial charge is 0.481 e. The highest BCUT2D eigenvalue weighted by Crippen LogP contribution is 2.39. The maximum absolute atomic E-state index is 11.8. The highest BCUT2D eigenvalue weighted by atomic mass is 16.4. The van der Waals surface area contributed by atoms with Crippen molar-refractivity contribution in [3.8, 4) is 0 Å². The summed E-state index contributed by atoms with van der Waals surface area (Å²) < 4.78 is 0. The van der Waals surface area contributed by atoms with E-state index in [1.165, 1.54) is 0 Å². The third kappa shape index (κ3) is 1.81. The van der Waals surface area contributed by atoms with Crippen LogP contribution in [-0.2, 0) is 9.59 Å². The molecule has 3 rings (SSSR count). The molecule has 0 spiro atoms. The second-order valence-corrected chi connectivity index (χ2v) is 4.45. The molecule has 2 unspecified atom stereocenters. The summed E-state index contributed by atoms with van der Waals surface area (Å²) in [6.07, 6.45) is 2.09. The topological polar surface area (TPSA) is 95.1 Å². The van der Waals surface area contributed by atoms with Crippen LogP contribution in [0.2, 0.25) is 0 Å². The Morgan fingerprint density at radius 2 is 2.22 bits per heavy atom. The lowest BCUT2D eigenvalue weighted by Crippen LogP contribution is -2.16. The van der Waals surface area contributed by atoms with Crippen molar-refractivity contribution in [3.63, 3.8) is 0 Å². The van der Waals surface area contributed by atoms with Crippen LogP contribution in [0.3, 0.4) is 0 Å². The van der Waals surface area contributed by atoms with Gasteiger partial charge in [-0.2, -0.15) is 5.10 Å². The number of carbonyl (C=O) groups is 2. The lowest BCUT2D eigenvalue weighted by molar-refractivity contribution is -0.139. The first-order chi connectivity index (χ1) is 8.65. The Balaban J connectivity index is 1.72. The molecular weight excluding hydrogens is 234 g/mol. The first-order valence-electron chi connectivity index (χ1n) is 5.62. The molecule has 2 aromatic rings. The third-order valence-electron chi connectivity index (χ3n) is 3.15. The van der Waals surface area contributed by atoms with Gasteiger partial charge in [0.1, 0.15) is 0 Å². The molecule has 0 aliphatic heterocycles. The Labute approximate surface area is 102 Å². The van der Waals surface area contributed by atoms with Gasteiger partial charge in [0.15, 0.2) is 0 Å². The number of carboxylic acid groups (broad SMARTS) is 1. The van der Waals surface area contributed by atoms with E-state index in [2.05, 4.69) is 15.5 Å². The minimum atomic E-state index is -0.902. The van der Waals surface area contributed by atoms with Crippen LogP contribution in [0.25, 0.3) is 10.9 Å². The number of aliphatic carboxylic acids is 1. The van der Waals surface area contributed by atoms with Gasteiger partial charge in [0, 0.05) is 11.1 Å². The van der Waals surface area contributed by atoms with Crippen molar-refractivity contribution in [1.29, 1.82) is 0 Å². The maximum atomic E-state index is 11.8. The lowest BCUT2D eigenvalue weighted by Gasteiger charge is -2.04. The number of nitrogens with zero attached hydrogens (tertiary/aromatic N) is 1. The molecule has 1 aliphatic rings. The fraction of sp³-hybridized carbons (Fsp3) is 0.250. The van der Waals surface area contributed by atoms with Gasteiger partial charge in [-0.05, 0) is 24.6 Å². The van der Waals surface area contributed by atoms with E-state index in [1.807, 2.05) is 6.07 Å². The minimum Gasteiger partial charge on any atom is -0.481 e. The van der Waals surface area contributed by atoms with Crippen LogP contribution in [0, 0.1) is 11.8 Å². The molecule has 0 saturated heterocycles. The van der Waals surface area contributed by atoms with Crippen molar-refractivity contribution in [1.82, 2.24) is 10.2 Å². The number of anilines is 1. The van der Waals surface area contributed by atoms with Crippen LogP contribution in [0.4, 0.5) is 5.69 Å². The van der Waals surface area contributed by atoms with Gasteiger partial charge in [-0.25, -0.2) is 0 Å². The highest BCUT2D eigenvalue weighted by molar-refractivity contribution is 5.99. The summed E-state index contributed by atoms with van der Waals surface area (Å²) in [7, 11) is 0. The molecule has 1 aromatic carbocycles. The highest BCUT2D eigenvalue weighted by Gasteiger charge is 2.48. The Bertz CT molecular complexity index is 634. The average molecular weight is 245 g/mol. The Kier molecular flexibility index (Phi) is 2.29. The molecule has 1 aliphatic carbocycles. The summed E-state index contributed by atoms with van der Waals surface area (Å²) in [5.41, 5.74) is 1.55. The number of carboxylic acids is 1. The van der Waals surface area contributed by atoms with E-state index in [0.717, 1.165) is 10.9 Å². The summed E-state index contributed by atoms with van der Waals surface area (Å²) >= 11 is 0. The first-order valence-corrected chi connectivity index (χ1v) is 5.62. The van der Waals surface area contributed by atoms with Gasteiger partial charge < -0.3 is 10.4 Å². The molecule has 1 amide bonds. The fourth-order valence-corrected chi connectivity index (χ4v) is 2.01. The van der Waals surface area contributed by atoms with E-state index >= 15 is 0 Å². The molecule has 1 heterocycles. The number of fused-ring (bicyclic) bond motifs is 1. The normalized spacial score (nSPS) is 21.8. The van der Waals surface area contributed by atoms with Crippen molar-refractivity contribution in [2.75, 3.05) is 5.32 Å². The molecule has 6 heteroatoms. The van der Waals surface area contributed by atoms with Crippen molar-refractivity contribution in [3.05, 3.63) is 24.4 Å². The number of hydrogen-bond acceptors (Lipinski definition) is 3. The lowest BCUT2D eigenvalue weighted by atomic mass is 10.2. The van der Waals surface area contributed by atoms with Gasteiger partial charge in [-0.1, -0.05) is 0 Å². The predicted molar refractivity (Wildman–Crippen MR) is 64.0 cm³/mol. The third-order valence-corrected chi connectivity index (χ3v) is 3.15. The molecule has 2 atom stereocenters. The molecule has 18 heavy (non-hydrogen) atoms. The Morgan fingerprint density at radius 1 is 1.39 bits per heavy atom. The van der Waals surface area contributed by atoms with Crippen LogP contribution < -0.4 is 5.32 Å². The van der Waals surface area contributed by atoms with Crippen molar-refractivity contribution >= 4 is 28.5 Å². The van der Waals surface area contributed by atoms with E-state index in [-0.39, 0.29) is 5.91 Å².